The number of aromatic hydroxyl groups is 1. The van der Waals surface area contributed by atoms with E-state index in [1.54, 1.807) is 0 Å². The summed E-state index contributed by atoms with van der Waals surface area (Å²) in [5.41, 5.74) is 18.2. The quantitative estimate of drug-likeness (QED) is 0.124. The number of nitrogens with zero attached hydrogens (tertiary/aromatic N) is 5. The van der Waals surface area contributed by atoms with E-state index in [0.29, 0.717) is 31.9 Å². The Morgan fingerprint density at radius 1 is 0.323 bits per heavy atom. The van der Waals surface area contributed by atoms with Gasteiger partial charge in [-0.1, -0.05) is 348 Å². The molecule has 4 unspecified atom stereocenters. The second kappa shape index (κ2) is 26.3. The molecular formula is C90H116N5O+. The molecular weight excluding hydrogens is 1170 g/mol. The van der Waals surface area contributed by atoms with E-state index < -0.39 is 0 Å². The van der Waals surface area contributed by atoms with Crippen molar-refractivity contribution in [1.82, 2.24) is 14.7 Å². The second-order valence-electron chi connectivity index (χ2n) is 36.4. The summed E-state index contributed by atoms with van der Waals surface area (Å²) in [5.74, 6) is 2.11. The Labute approximate surface area is 580 Å². The average Bonchev–Trinajstić information content (AvgIpc) is 1.57. The molecule has 2 aliphatic rings. The first kappa shape index (κ1) is 71.1. The zero-order valence-electron chi connectivity index (χ0n) is 63.2. The Kier molecular flexibility index (Phi) is 19.5. The minimum Gasteiger partial charge on any atom is -0.507 e. The zero-order valence-corrected chi connectivity index (χ0v) is 63.2. The first-order valence-electron chi connectivity index (χ1n) is 35.6. The average molecular weight is 1280 g/mol. The van der Waals surface area contributed by atoms with Gasteiger partial charge in [-0.05, 0) is 138 Å². The number of benzene rings is 8. The number of guanidine groups is 2. The van der Waals surface area contributed by atoms with Crippen LogP contribution in [0, 0.1) is 0 Å². The van der Waals surface area contributed by atoms with Gasteiger partial charge < -0.3 is 14.9 Å². The van der Waals surface area contributed by atoms with Crippen LogP contribution in [0.1, 0.15) is 279 Å². The van der Waals surface area contributed by atoms with Gasteiger partial charge >= 0.3 is 5.96 Å². The van der Waals surface area contributed by atoms with Crippen molar-refractivity contribution < 1.29 is 9.68 Å². The lowest BCUT2D eigenvalue weighted by Gasteiger charge is -2.31. The van der Waals surface area contributed by atoms with Crippen molar-refractivity contribution in [2.24, 2.45) is 4.99 Å². The summed E-state index contributed by atoms with van der Waals surface area (Å²) in [7, 11) is 0. The van der Waals surface area contributed by atoms with Crippen LogP contribution in [0.3, 0.4) is 0 Å². The van der Waals surface area contributed by atoms with Gasteiger partial charge in [0.25, 0.3) is 5.96 Å². The lowest BCUT2D eigenvalue weighted by Crippen LogP contribution is -2.38. The number of rotatable bonds is 12. The third kappa shape index (κ3) is 15.7. The Balaban J connectivity index is 1.42. The van der Waals surface area contributed by atoms with E-state index in [1.165, 1.54) is 77.9 Å². The van der Waals surface area contributed by atoms with E-state index in [4.69, 9.17) is 4.99 Å². The van der Waals surface area contributed by atoms with E-state index in [-0.39, 0.29) is 67.5 Å². The molecule has 0 saturated carbocycles. The summed E-state index contributed by atoms with van der Waals surface area (Å²) in [6.45, 7) is 58.0. The van der Waals surface area contributed by atoms with Gasteiger partial charge in [0.15, 0.2) is 0 Å². The molecule has 2 aliphatic heterocycles. The molecule has 1 fully saturated rings. The number of hydrogen-bond donors (Lipinski definition) is 1. The number of phenolic OH excluding ortho intramolecular Hbond substituents is 1. The van der Waals surface area contributed by atoms with Crippen molar-refractivity contribution >= 4 is 11.9 Å². The molecule has 1 saturated heterocycles. The van der Waals surface area contributed by atoms with E-state index in [9.17, 15) is 5.11 Å². The molecule has 8 aromatic carbocycles. The Bertz CT molecular complexity index is 4000. The molecule has 0 radical (unpaired) electrons. The molecule has 0 aliphatic carbocycles. The van der Waals surface area contributed by atoms with Crippen LogP contribution in [0.5, 0.6) is 5.75 Å². The maximum absolute atomic E-state index is 13.3. The van der Waals surface area contributed by atoms with Crippen molar-refractivity contribution in [2.75, 3.05) is 0 Å². The summed E-state index contributed by atoms with van der Waals surface area (Å²) in [6, 6.07) is 71.0. The Morgan fingerprint density at radius 3 is 0.969 bits per heavy atom. The molecule has 0 bridgehead atoms. The standard InChI is InChI=1S/C90H115N5O/c1-83(2,3)68-45-60(46-69(52-68)84(4,5)6)56-92-76(63-37-29-25-30-38-63)77(64-39-31-26-32-40-64)93(57-61-47-70(85(7,8)9)53-71(48-61)86(10,11)12)81(92)91-82-94(58-62-49-72(87(13,14)15)54-73(50-62)88(16,17)18)78(65-41-33-27-34-42-65)79(66-43-35-28-36-44-66)95(82)59-67-51-74(89(19,20)21)55-75(80(67)96)90(22,23)24/h25-55,76-79H,56-59H2,1-24H3/p+1. The van der Waals surface area contributed by atoms with Crippen molar-refractivity contribution in [3.8, 4) is 5.75 Å². The molecule has 8 aromatic rings. The van der Waals surface area contributed by atoms with Crippen molar-refractivity contribution in [1.29, 1.82) is 0 Å². The van der Waals surface area contributed by atoms with E-state index in [1.807, 2.05) is 0 Å². The Hall–Kier alpha value is -7.70. The van der Waals surface area contributed by atoms with Crippen LogP contribution in [-0.4, -0.2) is 36.3 Å². The van der Waals surface area contributed by atoms with Crippen LogP contribution >= 0.6 is 0 Å². The maximum atomic E-state index is 13.3. The van der Waals surface area contributed by atoms with Crippen LogP contribution in [0.15, 0.2) is 193 Å². The highest BCUT2D eigenvalue weighted by atomic mass is 16.3. The monoisotopic (exact) mass is 1280 g/mol. The zero-order chi connectivity index (χ0) is 70.0. The first-order chi connectivity index (χ1) is 44.6. The Morgan fingerprint density at radius 2 is 0.625 bits per heavy atom. The molecule has 0 amide bonds. The molecule has 96 heavy (non-hydrogen) atoms. The third-order valence-electron chi connectivity index (χ3n) is 20.2. The molecule has 6 heteroatoms. The van der Waals surface area contributed by atoms with Gasteiger partial charge in [0.1, 0.15) is 17.8 Å². The van der Waals surface area contributed by atoms with Crippen molar-refractivity contribution in [2.45, 2.75) is 260 Å². The molecule has 1 N–H and O–H groups in total. The molecule has 0 spiro atoms. The van der Waals surface area contributed by atoms with Gasteiger partial charge in [-0.25, -0.2) is 9.48 Å². The van der Waals surface area contributed by atoms with E-state index in [0.717, 1.165) is 23.0 Å². The predicted octanol–water partition coefficient (Wildman–Crippen LogP) is 22.5. The van der Waals surface area contributed by atoms with Crippen LogP contribution in [-0.2, 0) is 69.5 Å². The lowest BCUT2D eigenvalue weighted by atomic mass is 9.79. The lowest BCUT2D eigenvalue weighted by molar-refractivity contribution is -0.583. The summed E-state index contributed by atoms with van der Waals surface area (Å²) < 4.78 is 2.70. The van der Waals surface area contributed by atoms with Gasteiger partial charge in [-0.15, -0.1) is 0 Å². The SMILES string of the molecule is CC(C)(C)c1cc(CN2C(=NC3=[N+](Cc4cc(C(C)(C)C)cc(C(C)(C)C)c4)C(c4ccccc4)C(c4ccccc4)N3Cc3cc(C(C)(C)C)cc(C(C)(C)C)c3)N(Cc3cc(C(C)(C)C)cc(C(C)(C)C)c3O)C(c3ccccc3)C2c2ccccc2)cc(C(C)(C)C)c1. The summed E-state index contributed by atoms with van der Waals surface area (Å²) in [5, 5.41) is 13.3. The highest BCUT2D eigenvalue weighted by Gasteiger charge is 2.53. The fourth-order valence-electron chi connectivity index (χ4n) is 14.1. The minimum atomic E-state index is -0.351. The molecule has 6 nitrogen and oxygen atoms in total. The van der Waals surface area contributed by atoms with Gasteiger partial charge in [0, 0.05) is 12.1 Å². The topological polar surface area (TPSA) is 45.3 Å². The number of aliphatic imine (C=N–C) groups is 1. The van der Waals surface area contributed by atoms with Crippen molar-refractivity contribution in [3.63, 3.8) is 0 Å². The third-order valence-corrected chi connectivity index (χ3v) is 20.2. The number of phenols is 1. The first-order valence-corrected chi connectivity index (χ1v) is 35.6. The summed E-state index contributed by atoms with van der Waals surface area (Å²) in [4.78, 5) is 14.7. The second-order valence-corrected chi connectivity index (χ2v) is 36.4. The molecule has 0 aromatic heterocycles. The van der Waals surface area contributed by atoms with Gasteiger partial charge in [-0.2, -0.15) is 0 Å². The fraction of sp³-hybridized carbons (Fsp3) is 0.444. The van der Waals surface area contributed by atoms with Crippen LogP contribution in [0.25, 0.3) is 0 Å². The van der Waals surface area contributed by atoms with Gasteiger partial charge in [-0.3, -0.25) is 0 Å². The van der Waals surface area contributed by atoms with E-state index in [2.05, 4.69) is 374 Å². The van der Waals surface area contributed by atoms with Gasteiger partial charge in [0.2, 0.25) is 0 Å². The van der Waals surface area contributed by atoms with Gasteiger partial charge in [0.05, 0.1) is 31.7 Å². The van der Waals surface area contributed by atoms with Crippen molar-refractivity contribution in [3.05, 3.63) is 277 Å². The summed E-state index contributed by atoms with van der Waals surface area (Å²) in [6.07, 6.45) is 0. The highest BCUT2D eigenvalue weighted by Crippen LogP contribution is 2.51. The largest absolute Gasteiger partial charge is 0.507 e. The van der Waals surface area contributed by atoms with Crippen LogP contribution in [0.2, 0.25) is 0 Å². The minimum absolute atomic E-state index is 0.113. The fourth-order valence-corrected chi connectivity index (χ4v) is 14.1. The molecule has 506 valence electrons. The van der Waals surface area contributed by atoms with Crippen LogP contribution < -0.4 is 0 Å². The molecule has 10 rings (SSSR count). The summed E-state index contributed by atoms with van der Waals surface area (Å²) >= 11 is 0. The molecule has 2 heterocycles. The highest BCUT2D eigenvalue weighted by molar-refractivity contribution is 5.95. The van der Waals surface area contributed by atoms with E-state index >= 15 is 0 Å². The molecule has 4 atom stereocenters. The maximum Gasteiger partial charge on any atom is 0.394 e. The smallest absolute Gasteiger partial charge is 0.394 e. The van der Waals surface area contributed by atoms with Crippen LogP contribution in [0.4, 0.5) is 0 Å². The predicted molar refractivity (Wildman–Crippen MR) is 407 cm³/mol. The number of hydrogen-bond acceptors (Lipinski definition) is 3. The normalized spacial score (nSPS) is 18.3.